The van der Waals surface area contributed by atoms with Crippen molar-refractivity contribution in [1.29, 1.82) is 0 Å². The van der Waals surface area contributed by atoms with Crippen molar-refractivity contribution in [2.75, 3.05) is 6.61 Å². The molecule has 6 N–H and O–H groups in total. The highest BCUT2D eigenvalue weighted by molar-refractivity contribution is 5.75. The minimum absolute atomic E-state index is 0.118. The second-order valence-corrected chi connectivity index (χ2v) is 2.47. The summed E-state index contributed by atoms with van der Waals surface area (Å²) in [6, 6.07) is -1.34. The van der Waals surface area contributed by atoms with E-state index >= 15 is 0 Å². The summed E-state index contributed by atoms with van der Waals surface area (Å²) in [6.07, 6.45) is 3.33. The topological polar surface area (TPSA) is 110 Å². The highest BCUT2D eigenvalue weighted by Gasteiger charge is 2.05. The van der Waals surface area contributed by atoms with Gasteiger partial charge in [0.1, 0.15) is 6.04 Å². The fraction of sp³-hybridized carbons (Fsp3) is 0.571. The van der Waals surface area contributed by atoms with Crippen LogP contribution in [0.3, 0.4) is 0 Å². The Morgan fingerprint density at radius 1 is 1.50 bits per heavy atom. The highest BCUT2D eigenvalue weighted by Crippen LogP contribution is 1.90. The number of nitrogens with two attached hydrogens (primary N) is 2. The quantitative estimate of drug-likeness (QED) is 0.386. The molecule has 2 unspecified atom stereocenters. The van der Waals surface area contributed by atoms with Crippen molar-refractivity contribution in [3.8, 4) is 0 Å². The summed E-state index contributed by atoms with van der Waals surface area (Å²) in [5, 5.41) is 16.9. The number of carbonyl (C=O) groups is 1. The van der Waals surface area contributed by atoms with Crippen LogP contribution in [0, 0.1) is 0 Å². The summed E-state index contributed by atoms with van der Waals surface area (Å²) in [5.74, 6) is -1.08. The zero-order valence-corrected chi connectivity index (χ0v) is 6.68. The lowest BCUT2D eigenvalue weighted by Crippen LogP contribution is -2.28. The molecule has 0 amide bonds. The van der Waals surface area contributed by atoms with Crippen molar-refractivity contribution in [3.05, 3.63) is 12.2 Å². The summed E-state index contributed by atoms with van der Waals surface area (Å²) in [4.78, 5) is 10.2. The highest BCUT2D eigenvalue weighted by atomic mass is 16.4. The Kier molecular flexibility index (Phi) is 5.27. The van der Waals surface area contributed by atoms with Crippen LogP contribution >= 0.6 is 0 Å². The van der Waals surface area contributed by atoms with Gasteiger partial charge >= 0.3 is 5.97 Å². The van der Waals surface area contributed by atoms with Gasteiger partial charge in [-0.05, 0) is 6.42 Å². The molecule has 0 aliphatic rings. The Balaban J connectivity index is 3.68. The normalized spacial score (nSPS) is 16.2. The second kappa shape index (κ2) is 5.70. The first-order valence-electron chi connectivity index (χ1n) is 3.59. The molecule has 0 aliphatic carbocycles. The van der Waals surface area contributed by atoms with Crippen molar-refractivity contribution in [3.63, 3.8) is 0 Å². The molecular formula is C7H14N2O3. The summed E-state index contributed by atoms with van der Waals surface area (Å²) >= 11 is 0. The number of carboxylic acid groups (broad SMARTS) is 1. The van der Waals surface area contributed by atoms with Crippen LogP contribution in [0.5, 0.6) is 0 Å². The van der Waals surface area contributed by atoms with Crippen molar-refractivity contribution in [1.82, 2.24) is 0 Å². The molecule has 0 aromatic rings. The molecule has 0 rings (SSSR count). The first kappa shape index (κ1) is 11.1. The third-order valence-corrected chi connectivity index (χ3v) is 1.30. The Labute approximate surface area is 70.7 Å². The van der Waals surface area contributed by atoms with Crippen LogP contribution in [0.1, 0.15) is 6.42 Å². The molecule has 0 saturated heterocycles. The van der Waals surface area contributed by atoms with Crippen molar-refractivity contribution in [2.24, 2.45) is 11.5 Å². The van der Waals surface area contributed by atoms with Gasteiger partial charge in [0.25, 0.3) is 0 Å². The molecule has 0 spiro atoms. The van der Waals surface area contributed by atoms with E-state index in [-0.39, 0.29) is 12.6 Å². The van der Waals surface area contributed by atoms with E-state index in [0.717, 1.165) is 0 Å². The number of carboxylic acids is 1. The first-order valence-corrected chi connectivity index (χ1v) is 3.59. The van der Waals surface area contributed by atoms with Gasteiger partial charge in [-0.25, -0.2) is 0 Å². The number of rotatable bonds is 5. The van der Waals surface area contributed by atoms with E-state index in [4.69, 9.17) is 21.7 Å². The van der Waals surface area contributed by atoms with Crippen molar-refractivity contribution in [2.45, 2.75) is 18.5 Å². The lowest BCUT2D eigenvalue weighted by molar-refractivity contribution is -0.137. The number of aliphatic hydroxyl groups is 1. The molecule has 70 valence electrons. The van der Waals surface area contributed by atoms with E-state index in [1.807, 2.05) is 0 Å². The van der Waals surface area contributed by atoms with Gasteiger partial charge in [0.05, 0.1) is 6.61 Å². The standard InChI is InChI=1S/C7H14N2O3/c8-5(4-10)2-1-3-6(9)7(11)12/h1,3,5-6,10H,2,4,8-9H2,(H,11,12)/b3-1+. The lowest BCUT2D eigenvalue weighted by Gasteiger charge is -2.03. The van der Waals surface area contributed by atoms with Crippen molar-refractivity contribution >= 4 is 5.97 Å². The zero-order valence-electron chi connectivity index (χ0n) is 6.68. The molecular weight excluding hydrogens is 160 g/mol. The SMILES string of the molecule is NC(CO)C/C=C/C(N)C(=O)O. The number of aliphatic carboxylic acids is 1. The van der Waals surface area contributed by atoms with Crippen LogP contribution in [0.4, 0.5) is 0 Å². The largest absolute Gasteiger partial charge is 0.480 e. The fourth-order valence-corrected chi connectivity index (χ4v) is 0.557. The molecule has 2 atom stereocenters. The van der Waals surface area contributed by atoms with Crippen LogP contribution < -0.4 is 11.5 Å². The summed E-state index contributed by atoms with van der Waals surface area (Å²) in [5.41, 5.74) is 10.5. The molecule has 0 bridgehead atoms. The summed E-state index contributed by atoms with van der Waals surface area (Å²) in [7, 11) is 0. The molecule has 0 saturated carbocycles. The predicted molar refractivity (Wildman–Crippen MR) is 44.4 cm³/mol. The van der Waals surface area contributed by atoms with E-state index in [0.29, 0.717) is 6.42 Å². The molecule has 12 heavy (non-hydrogen) atoms. The van der Waals surface area contributed by atoms with Crippen LogP contribution in [-0.2, 0) is 4.79 Å². The Morgan fingerprint density at radius 2 is 2.08 bits per heavy atom. The first-order chi connectivity index (χ1) is 5.57. The molecule has 5 nitrogen and oxygen atoms in total. The Hall–Kier alpha value is -0.910. The van der Waals surface area contributed by atoms with Gasteiger partial charge in [-0.15, -0.1) is 0 Å². The number of hydrogen-bond donors (Lipinski definition) is 4. The van der Waals surface area contributed by atoms with Crippen molar-refractivity contribution < 1.29 is 15.0 Å². The monoisotopic (exact) mass is 174 g/mol. The zero-order chi connectivity index (χ0) is 9.56. The molecule has 0 aromatic heterocycles. The molecule has 0 aliphatic heterocycles. The van der Waals surface area contributed by atoms with E-state index in [1.165, 1.54) is 6.08 Å². The van der Waals surface area contributed by atoms with E-state index in [2.05, 4.69) is 0 Å². The van der Waals surface area contributed by atoms with E-state index < -0.39 is 12.0 Å². The fourth-order valence-electron chi connectivity index (χ4n) is 0.557. The average molecular weight is 174 g/mol. The van der Waals surface area contributed by atoms with Crippen LogP contribution in [-0.4, -0.2) is 34.9 Å². The maximum Gasteiger partial charge on any atom is 0.324 e. The lowest BCUT2D eigenvalue weighted by atomic mass is 10.2. The second-order valence-electron chi connectivity index (χ2n) is 2.47. The smallest absolute Gasteiger partial charge is 0.324 e. The van der Waals surface area contributed by atoms with Gasteiger partial charge in [-0.2, -0.15) is 0 Å². The van der Waals surface area contributed by atoms with Gasteiger partial charge in [-0.3, -0.25) is 4.79 Å². The predicted octanol–water partition coefficient (Wildman–Crippen LogP) is -1.34. The van der Waals surface area contributed by atoms with Gasteiger partial charge < -0.3 is 21.7 Å². The molecule has 0 aromatic carbocycles. The van der Waals surface area contributed by atoms with Gasteiger partial charge in [0.15, 0.2) is 0 Å². The Morgan fingerprint density at radius 3 is 2.50 bits per heavy atom. The molecule has 0 radical (unpaired) electrons. The minimum Gasteiger partial charge on any atom is -0.480 e. The van der Waals surface area contributed by atoms with Crippen LogP contribution in [0.15, 0.2) is 12.2 Å². The molecule has 0 fully saturated rings. The third kappa shape index (κ3) is 4.84. The number of hydrogen-bond acceptors (Lipinski definition) is 4. The van der Waals surface area contributed by atoms with E-state index in [1.54, 1.807) is 6.08 Å². The third-order valence-electron chi connectivity index (χ3n) is 1.30. The Bertz CT molecular complexity index is 170. The summed E-state index contributed by atoms with van der Waals surface area (Å²) < 4.78 is 0. The maximum absolute atomic E-state index is 10.2. The maximum atomic E-state index is 10.2. The number of aliphatic hydroxyl groups excluding tert-OH is 1. The molecule has 0 heterocycles. The van der Waals surface area contributed by atoms with Crippen LogP contribution in [0.2, 0.25) is 0 Å². The van der Waals surface area contributed by atoms with Gasteiger partial charge in [-0.1, -0.05) is 12.2 Å². The molecule has 5 heteroatoms. The van der Waals surface area contributed by atoms with E-state index in [9.17, 15) is 4.79 Å². The van der Waals surface area contributed by atoms with Gasteiger partial charge in [0.2, 0.25) is 0 Å². The summed E-state index contributed by atoms with van der Waals surface area (Å²) in [6.45, 7) is -0.118. The average Bonchev–Trinajstić information content (AvgIpc) is 2.03. The van der Waals surface area contributed by atoms with Gasteiger partial charge in [0, 0.05) is 6.04 Å². The van der Waals surface area contributed by atoms with Crippen LogP contribution in [0.25, 0.3) is 0 Å². The minimum atomic E-state index is -1.08.